The minimum Gasteiger partial charge on any atom is -0.476 e. The highest BCUT2D eigenvalue weighted by molar-refractivity contribution is 6.29. The number of hydrogen-bond donors (Lipinski definition) is 2. The summed E-state index contributed by atoms with van der Waals surface area (Å²) in [6, 6.07) is 7.75. The Hall–Kier alpha value is -2.87. The number of benzene rings is 1. The molecule has 2 aromatic heterocycles. The largest absolute Gasteiger partial charge is 0.476 e. The normalized spacial score (nSPS) is 11.0. The van der Waals surface area contributed by atoms with Gasteiger partial charge in [0.05, 0.1) is 11.0 Å². The van der Waals surface area contributed by atoms with Gasteiger partial charge in [-0.25, -0.2) is 14.8 Å². The van der Waals surface area contributed by atoms with Crippen LogP contribution in [0.1, 0.15) is 26.8 Å². The predicted octanol–water partition coefficient (Wildman–Crippen LogP) is 1.63. The number of nitrogens with zero attached hydrogens (tertiary/aromatic N) is 4. The summed E-state index contributed by atoms with van der Waals surface area (Å²) in [7, 11) is 3.40. The maximum Gasteiger partial charge on any atom is 0.357 e. The highest BCUT2D eigenvalue weighted by Gasteiger charge is 2.24. The third-order valence-electron chi connectivity index (χ3n) is 3.97. The van der Waals surface area contributed by atoms with E-state index in [2.05, 4.69) is 15.3 Å². The minimum atomic E-state index is -1.30. The fourth-order valence-electron chi connectivity index (χ4n) is 2.67. The Morgan fingerprint density at radius 1 is 1.20 bits per heavy atom. The first kappa shape index (κ1) is 17.0. The number of carbonyl (C=O) groups is 2. The quantitative estimate of drug-likeness (QED) is 0.719. The second-order valence-corrected chi connectivity index (χ2v) is 5.86. The van der Waals surface area contributed by atoms with Crippen LogP contribution in [0.15, 0.2) is 24.3 Å². The highest BCUT2D eigenvalue weighted by Crippen LogP contribution is 2.16. The van der Waals surface area contributed by atoms with E-state index in [9.17, 15) is 9.59 Å². The van der Waals surface area contributed by atoms with E-state index < -0.39 is 11.9 Å². The zero-order valence-electron chi connectivity index (χ0n) is 13.7. The monoisotopic (exact) mass is 361 g/mol. The third kappa shape index (κ3) is 3.08. The first-order valence-corrected chi connectivity index (χ1v) is 7.92. The van der Waals surface area contributed by atoms with Crippen molar-refractivity contribution in [3.8, 4) is 0 Å². The Balaban J connectivity index is 1.73. The molecule has 0 spiro atoms. The van der Waals surface area contributed by atoms with Crippen LogP contribution in [0.3, 0.4) is 0 Å². The van der Waals surface area contributed by atoms with Crippen molar-refractivity contribution in [2.45, 2.75) is 6.42 Å². The van der Waals surface area contributed by atoms with Crippen LogP contribution in [0, 0.1) is 0 Å². The fourth-order valence-corrected chi connectivity index (χ4v) is 2.84. The number of carbonyl (C=O) groups excluding carboxylic acids is 1. The summed E-state index contributed by atoms with van der Waals surface area (Å²) in [6.07, 6.45) is 0.505. The number of carboxylic acids is 1. The molecule has 0 aliphatic rings. The summed E-state index contributed by atoms with van der Waals surface area (Å²) in [5.74, 6) is -1.02. The number of amides is 1. The maximum atomic E-state index is 12.3. The molecule has 0 atom stereocenters. The number of halogens is 1. The van der Waals surface area contributed by atoms with Crippen molar-refractivity contribution in [2.24, 2.45) is 14.1 Å². The SMILES string of the molecule is Cn1c(Cl)nc(C(=O)O)c1C(=O)NCCc1nc2ccccc2n1C. The molecule has 1 amide bonds. The van der Waals surface area contributed by atoms with Crippen LogP contribution in [0.5, 0.6) is 0 Å². The van der Waals surface area contributed by atoms with Gasteiger partial charge in [0.2, 0.25) is 5.28 Å². The standard InChI is InChI=1S/C16H16ClN5O3/c1-21-10-6-4-3-5-9(10)19-11(21)7-8-18-14(23)13-12(15(24)25)20-16(17)22(13)2/h3-6H,7-8H2,1-2H3,(H,18,23)(H,24,25). The molecule has 3 aromatic rings. The van der Waals surface area contributed by atoms with E-state index in [0.717, 1.165) is 16.9 Å². The highest BCUT2D eigenvalue weighted by atomic mass is 35.5. The van der Waals surface area contributed by atoms with Gasteiger partial charge in [-0.15, -0.1) is 0 Å². The van der Waals surface area contributed by atoms with Crippen molar-refractivity contribution in [1.82, 2.24) is 24.4 Å². The third-order valence-corrected chi connectivity index (χ3v) is 4.31. The first-order valence-electron chi connectivity index (χ1n) is 7.54. The number of hydrogen-bond acceptors (Lipinski definition) is 4. The lowest BCUT2D eigenvalue weighted by Crippen LogP contribution is -2.29. The lowest BCUT2D eigenvalue weighted by atomic mass is 10.3. The summed E-state index contributed by atoms with van der Waals surface area (Å²) in [5, 5.41) is 11.8. The molecule has 3 rings (SSSR count). The van der Waals surface area contributed by atoms with Gasteiger partial charge < -0.3 is 19.6 Å². The lowest BCUT2D eigenvalue weighted by molar-refractivity contribution is 0.0684. The van der Waals surface area contributed by atoms with Gasteiger partial charge in [0.1, 0.15) is 11.5 Å². The Morgan fingerprint density at radius 2 is 1.92 bits per heavy atom. The Labute approximate surface area is 148 Å². The molecule has 2 heterocycles. The van der Waals surface area contributed by atoms with E-state index in [0.29, 0.717) is 13.0 Å². The van der Waals surface area contributed by atoms with Crippen molar-refractivity contribution in [2.75, 3.05) is 6.54 Å². The van der Waals surface area contributed by atoms with Crippen molar-refractivity contribution < 1.29 is 14.7 Å². The van der Waals surface area contributed by atoms with Gasteiger partial charge in [0, 0.05) is 27.1 Å². The number of aryl methyl sites for hydroxylation is 1. The second-order valence-electron chi connectivity index (χ2n) is 5.52. The molecule has 25 heavy (non-hydrogen) atoms. The zero-order chi connectivity index (χ0) is 18.1. The second kappa shape index (κ2) is 6.56. The number of carboxylic acid groups (broad SMARTS) is 1. The Bertz CT molecular complexity index is 976. The van der Waals surface area contributed by atoms with E-state index >= 15 is 0 Å². The molecular formula is C16H16ClN5O3. The van der Waals surface area contributed by atoms with E-state index in [4.69, 9.17) is 16.7 Å². The van der Waals surface area contributed by atoms with Crippen LogP contribution >= 0.6 is 11.6 Å². The molecule has 9 heteroatoms. The van der Waals surface area contributed by atoms with E-state index in [1.54, 1.807) is 0 Å². The molecule has 0 radical (unpaired) electrons. The van der Waals surface area contributed by atoms with Crippen LogP contribution < -0.4 is 5.32 Å². The summed E-state index contributed by atoms with van der Waals surface area (Å²) < 4.78 is 3.21. The summed E-state index contributed by atoms with van der Waals surface area (Å²) in [5.41, 5.74) is 1.45. The van der Waals surface area contributed by atoms with Crippen LogP contribution in [-0.2, 0) is 20.5 Å². The molecule has 130 valence electrons. The number of aromatic carboxylic acids is 1. The van der Waals surface area contributed by atoms with Crippen LogP contribution in [0.4, 0.5) is 0 Å². The van der Waals surface area contributed by atoms with E-state index in [1.807, 2.05) is 35.9 Å². The van der Waals surface area contributed by atoms with E-state index in [-0.39, 0.29) is 16.7 Å². The summed E-state index contributed by atoms with van der Waals surface area (Å²) in [4.78, 5) is 31.8. The molecule has 0 saturated heterocycles. The number of para-hydroxylation sites is 2. The lowest BCUT2D eigenvalue weighted by Gasteiger charge is -2.07. The molecule has 0 saturated carbocycles. The Morgan fingerprint density at radius 3 is 2.60 bits per heavy atom. The molecular weight excluding hydrogens is 346 g/mol. The van der Waals surface area contributed by atoms with Crippen molar-refractivity contribution >= 4 is 34.5 Å². The number of fused-ring (bicyclic) bond motifs is 1. The molecule has 1 aromatic carbocycles. The van der Waals surface area contributed by atoms with Gasteiger partial charge in [-0.1, -0.05) is 12.1 Å². The van der Waals surface area contributed by atoms with Gasteiger partial charge in [-0.3, -0.25) is 4.79 Å². The smallest absolute Gasteiger partial charge is 0.357 e. The molecule has 0 bridgehead atoms. The first-order chi connectivity index (χ1) is 11.9. The van der Waals surface area contributed by atoms with Crippen LogP contribution in [0.25, 0.3) is 11.0 Å². The number of aromatic nitrogens is 4. The summed E-state index contributed by atoms with van der Waals surface area (Å²) in [6.45, 7) is 0.303. The van der Waals surface area contributed by atoms with Gasteiger partial charge in [0.15, 0.2) is 5.69 Å². The predicted molar refractivity (Wildman–Crippen MR) is 91.9 cm³/mol. The topological polar surface area (TPSA) is 102 Å². The van der Waals surface area contributed by atoms with Gasteiger partial charge >= 0.3 is 5.97 Å². The number of rotatable bonds is 5. The van der Waals surface area contributed by atoms with Crippen molar-refractivity contribution in [3.63, 3.8) is 0 Å². The maximum absolute atomic E-state index is 12.3. The average Bonchev–Trinajstić information content (AvgIpc) is 3.06. The summed E-state index contributed by atoms with van der Waals surface area (Å²) >= 11 is 5.81. The molecule has 0 aliphatic carbocycles. The average molecular weight is 362 g/mol. The van der Waals surface area contributed by atoms with Crippen molar-refractivity contribution in [3.05, 3.63) is 46.8 Å². The molecule has 0 aliphatic heterocycles. The minimum absolute atomic E-state index is 0.0575. The molecule has 8 nitrogen and oxygen atoms in total. The van der Waals surface area contributed by atoms with Gasteiger partial charge in [0.25, 0.3) is 5.91 Å². The molecule has 0 fully saturated rings. The molecule has 2 N–H and O–H groups in total. The zero-order valence-corrected chi connectivity index (χ0v) is 14.4. The number of nitrogens with one attached hydrogen (secondary N) is 1. The molecule has 0 unspecified atom stereocenters. The van der Waals surface area contributed by atoms with Crippen LogP contribution in [0.2, 0.25) is 5.28 Å². The van der Waals surface area contributed by atoms with Gasteiger partial charge in [-0.2, -0.15) is 0 Å². The van der Waals surface area contributed by atoms with Crippen LogP contribution in [-0.4, -0.2) is 42.6 Å². The van der Waals surface area contributed by atoms with Gasteiger partial charge in [-0.05, 0) is 23.7 Å². The van der Waals surface area contributed by atoms with Crippen molar-refractivity contribution in [1.29, 1.82) is 0 Å². The Kier molecular flexibility index (Phi) is 4.45. The van der Waals surface area contributed by atoms with E-state index in [1.165, 1.54) is 11.6 Å². The number of imidazole rings is 2. The fraction of sp³-hybridized carbons (Fsp3) is 0.250.